The van der Waals surface area contributed by atoms with E-state index in [9.17, 15) is 9.59 Å². The predicted octanol–water partition coefficient (Wildman–Crippen LogP) is 0.779. The Labute approximate surface area is 118 Å². The predicted molar refractivity (Wildman–Crippen MR) is 74.1 cm³/mol. The summed E-state index contributed by atoms with van der Waals surface area (Å²) in [7, 11) is 0. The first-order chi connectivity index (χ1) is 9.45. The number of aliphatic hydroxyl groups is 1. The Morgan fingerprint density at radius 3 is 2.55 bits per heavy atom. The minimum absolute atomic E-state index is 0.00534. The van der Waals surface area contributed by atoms with Gasteiger partial charge < -0.3 is 20.2 Å². The van der Waals surface area contributed by atoms with Gasteiger partial charge in [-0.1, -0.05) is 20.8 Å². The van der Waals surface area contributed by atoms with Crippen LogP contribution >= 0.6 is 0 Å². The molecule has 6 heteroatoms. The van der Waals surface area contributed by atoms with Crippen LogP contribution in [-0.2, 0) is 4.79 Å². The van der Waals surface area contributed by atoms with Gasteiger partial charge in [-0.2, -0.15) is 0 Å². The molecule has 1 heterocycles. The molecule has 112 valence electrons. The summed E-state index contributed by atoms with van der Waals surface area (Å²) in [6.45, 7) is 5.90. The van der Waals surface area contributed by atoms with Crippen LogP contribution in [-0.4, -0.2) is 36.1 Å². The summed E-state index contributed by atoms with van der Waals surface area (Å²) in [6, 6.07) is 2.51. The maximum atomic E-state index is 12.1. The summed E-state index contributed by atoms with van der Waals surface area (Å²) in [4.78, 5) is 24.0. The second kappa shape index (κ2) is 7.69. The van der Waals surface area contributed by atoms with Gasteiger partial charge >= 0.3 is 0 Å². The van der Waals surface area contributed by atoms with E-state index in [1.54, 1.807) is 12.1 Å². The van der Waals surface area contributed by atoms with Crippen LogP contribution in [0, 0.1) is 11.8 Å². The maximum absolute atomic E-state index is 12.1. The SMILES string of the molecule is CC(CO)CNC(=O)C(NC(=O)c1ccco1)C(C)C. The molecule has 0 aliphatic carbocycles. The molecule has 0 aliphatic rings. The molecule has 0 radical (unpaired) electrons. The highest BCUT2D eigenvalue weighted by atomic mass is 16.3. The first-order valence-corrected chi connectivity index (χ1v) is 6.68. The van der Waals surface area contributed by atoms with Crippen molar-refractivity contribution in [2.75, 3.05) is 13.2 Å². The van der Waals surface area contributed by atoms with Crippen molar-refractivity contribution in [2.24, 2.45) is 11.8 Å². The van der Waals surface area contributed by atoms with E-state index in [1.165, 1.54) is 6.26 Å². The van der Waals surface area contributed by atoms with E-state index in [-0.39, 0.29) is 30.1 Å². The molecule has 0 aromatic carbocycles. The second-order valence-electron chi connectivity index (χ2n) is 5.21. The third-order valence-corrected chi connectivity index (χ3v) is 2.92. The van der Waals surface area contributed by atoms with Gasteiger partial charge in [0.05, 0.1) is 6.26 Å². The van der Waals surface area contributed by atoms with Gasteiger partial charge in [-0.3, -0.25) is 9.59 Å². The zero-order valence-electron chi connectivity index (χ0n) is 12.1. The standard InChI is InChI=1S/C14H22N2O4/c1-9(2)12(14(19)15-7-10(3)8-17)16-13(18)11-5-4-6-20-11/h4-6,9-10,12,17H,7-8H2,1-3H3,(H,15,19)(H,16,18). The van der Waals surface area contributed by atoms with Crippen molar-refractivity contribution < 1.29 is 19.1 Å². The van der Waals surface area contributed by atoms with E-state index in [4.69, 9.17) is 9.52 Å². The van der Waals surface area contributed by atoms with Gasteiger partial charge in [0.15, 0.2) is 5.76 Å². The molecular weight excluding hydrogens is 260 g/mol. The Hall–Kier alpha value is -1.82. The van der Waals surface area contributed by atoms with Crippen molar-refractivity contribution in [3.8, 4) is 0 Å². The normalized spacial score (nSPS) is 13.8. The monoisotopic (exact) mass is 282 g/mol. The topological polar surface area (TPSA) is 91.6 Å². The van der Waals surface area contributed by atoms with Gasteiger partial charge in [0.2, 0.25) is 5.91 Å². The number of hydrogen-bond acceptors (Lipinski definition) is 4. The molecule has 6 nitrogen and oxygen atoms in total. The molecule has 2 amide bonds. The van der Waals surface area contributed by atoms with Gasteiger partial charge in [0.1, 0.15) is 6.04 Å². The maximum Gasteiger partial charge on any atom is 0.287 e. The van der Waals surface area contributed by atoms with Gasteiger partial charge in [-0.05, 0) is 24.0 Å². The van der Waals surface area contributed by atoms with Crippen molar-refractivity contribution in [2.45, 2.75) is 26.8 Å². The molecule has 0 aliphatic heterocycles. The summed E-state index contributed by atoms with van der Waals surface area (Å²) in [6.07, 6.45) is 1.41. The summed E-state index contributed by atoms with van der Waals surface area (Å²) in [5.74, 6) is -0.586. The largest absolute Gasteiger partial charge is 0.459 e. The fourth-order valence-corrected chi connectivity index (χ4v) is 1.60. The van der Waals surface area contributed by atoms with E-state index in [0.29, 0.717) is 6.54 Å². The third kappa shape index (κ3) is 4.70. The number of hydrogen-bond donors (Lipinski definition) is 3. The Kier molecular flexibility index (Phi) is 6.24. The number of rotatable bonds is 7. The number of carbonyl (C=O) groups is 2. The van der Waals surface area contributed by atoms with E-state index in [0.717, 1.165) is 0 Å². The lowest BCUT2D eigenvalue weighted by atomic mass is 10.0. The van der Waals surface area contributed by atoms with Crippen LogP contribution in [0.15, 0.2) is 22.8 Å². The van der Waals surface area contributed by atoms with E-state index >= 15 is 0 Å². The van der Waals surface area contributed by atoms with Crippen LogP contribution in [0.3, 0.4) is 0 Å². The molecule has 20 heavy (non-hydrogen) atoms. The van der Waals surface area contributed by atoms with E-state index in [1.807, 2.05) is 20.8 Å². The molecule has 1 aromatic heterocycles. The number of carbonyl (C=O) groups excluding carboxylic acids is 2. The number of amides is 2. The first-order valence-electron chi connectivity index (χ1n) is 6.68. The van der Waals surface area contributed by atoms with Crippen LogP contribution in [0.5, 0.6) is 0 Å². The highest BCUT2D eigenvalue weighted by Crippen LogP contribution is 2.06. The average molecular weight is 282 g/mol. The van der Waals surface area contributed by atoms with Crippen LogP contribution in [0.4, 0.5) is 0 Å². The minimum atomic E-state index is -0.640. The first kappa shape index (κ1) is 16.2. The van der Waals surface area contributed by atoms with Crippen molar-refractivity contribution in [3.63, 3.8) is 0 Å². The number of furan rings is 1. The summed E-state index contributed by atoms with van der Waals surface area (Å²) < 4.78 is 4.99. The third-order valence-electron chi connectivity index (χ3n) is 2.92. The van der Waals surface area contributed by atoms with Crippen molar-refractivity contribution >= 4 is 11.8 Å². The minimum Gasteiger partial charge on any atom is -0.459 e. The number of aliphatic hydroxyl groups excluding tert-OH is 1. The Morgan fingerprint density at radius 2 is 2.05 bits per heavy atom. The summed E-state index contributed by atoms with van der Waals surface area (Å²) in [5, 5.41) is 14.3. The highest BCUT2D eigenvalue weighted by Gasteiger charge is 2.25. The molecule has 0 saturated carbocycles. The molecule has 0 bridgehead atoms. The molecule has 0 spiro atoms. The van der Waals surface area contributed by atoms with Gasteiger partial charge in [0, 0.05) is 13.2 Å². The number of nitrogens with one attached hydrogen (secondary N) is 2. The van der Waals surface area contributed by atoms with Crippen LogP contribution < -0.4 is 10.6 Å². The molecule has 2 unspecified atom stereocenters. The quantitative estimate of drug-likeness (QED) is 0.689. The van der Waals surface area contributed by atoms with Gasteiger partial charge in [-0.15, -0.1) is 0 Å². The van der Waals surface area contributed by atoms with Gasteiger partial charge in [0.25, 0.3) is 5.91 Å². The molecule has 0 fully saturated rings. The molecule has 2 atom stereocenters. The highest BCUT2D eigenvalue weighted by molar-refractivity contribution is 5.95. The zero-order valence-corrected chi connectivity index (χ0v) is 12.1. The Bertz CT molecular complexity index is 428. The molecular formula is C14H22N2O4. The lowest BCUT2D eigenvalue weighted by Crippen LogP contribution is -2.50. The van der Waals surface area contributed by atoms with Crippen molar-refractivity contribution in [1.29, 1.82) is 0 Å². The Morgan fingerprint density at radius 1 is 1.35 bits per heavy atom. The van der Waals surface area contributed by atoms with Crippen LogP contribution in [0.1, 0.15) is 31.3 Å². The van der Waals surface area contributed by atoms with Gasteiger partial charge in [-0.25, -0.2) is 0 Å². The average Bonchev–Trinajstić information content (AvgIpc) is 2.95. The van der Waals surface area contributed by atoms with Crippen LogP contribution in [0.25, 0.3) is 0 Å². The Balaban J connectivity index is 2.60. The molecule has 3 N–H and O–H groups in total. The fourth-order valence-electron chi connectivity index (χ4n) is 1.60. The second-order valence-corrected chi connectivity index (χ2v) is 5.21. The molecule has 1 rings (SSSR count). The van der Waals surface area contributed by atoms with E-state index < -0.39 is 11.9 Å². The molecule has 0 saturated heterocycles. The zero-order chi connectivity index (χ0) is 15.1. The van der Waals surface area contributed by atoms with Crippen molar-refractivity contribution in [1.82, 2.24) is 10.6 Å². The fraction of sp³-hybridized carbons (Fsp3) is 0.571. The lowest BCUT2D eigenvalue weighted by Gasteiger charge is -2.22. The van der Waals surface area contributed by atoms with Crippen molar-refractivity contribution in [3.05, 3.63) is 24.2 Å². The summed E-state index contributed by atoms with van der Waals surface area (Å²) >= 11 is 0. The summed E-state index contributed by atoms with van der Waals surface area (Å²) in [5.41, 5.74) is 0. The lowest BCUT2D eigenvalue weighted by molar-refractivity contribution is -0.124. The molecule has 1 aromatic rings. The van der Waals surface area contributed by atoms with E-state index in [2.05, 4.69) is 10.6 Å². The smallest absolute Gasteiger partial charge is 0.287 e. The van der Waals surface area contributed by atoms with Crippen LogP contribution in [0.2, 0.25) is 0 Å².